The van der Waals surface area contributed by atoms with E-state index < -0.39 is 12.1 Å². The number of aromatic hydroxyl groups is 2. The molecule has 3 rings (SSSR count). The lowest BCUT2D eigenvalue weighted by Crippen LogP contribution is -2.32. The second-order valence-electron chi connectivity index (χ2n) is 8.16. The molecule has 5 N–H and O–H groups in total. The van der Waals surface area contributed by atoms with Crippen LogP contribution in [0.4, 0.5) is 5.69 Å². The van der Waals surface area contributed by atoms with Crippen LogP contribution in [-0.2, 0) is 0 Å². The first kappa shape index (κ1) is 22.0. The highest BCUT2D eigenvalue weighted by molar-refractivity contribution is 6.01. The van der Waals surface area contributed by atoms with Gasteiger partial charge in [0.05, 0.1) is 5.56 Å². The molecule has 1 aliphatic rings. The Balaban J connectivity index is 2.04. The number of carbonyl (C=O) groups is 1. The number of anilines is 1. The number of nitrogens with one attached hydrogen (secondary N) is 2. The highest BCUT2D eigenvalue weighted by Gasteiger charge is 2.30. The number of amides is 1. The molecule has 8 heteroatoms. The van der Waals surface area contributed by atoms with Crippen LogP contribution in [0.15, 0.2) is 16.7 Å². The molecule has 1 aromatic heterocycles. The number of carbonyl (C=O) groups excluding carboxylic acids is 1. The Bertz CT molecular complexity index is 887. The third-order valence-corrected chi connectivity index (χ3v) is 5.64. The summed E-state index contributed by atoms with van der Waals surface area (Å²) in [7, 11) is 0. The predicted molar refractivity (Wildman–Crippen MR) is 114 cm³/mol. The summed E-state index contributed by atoms with van der Waals surface area (Å²) in [4.78, 5) is 12.5. The van der Waals surface area contributed by atoms with E-state index in [4.69, 9.17) is 4.52 Å². The van der Waals surface area contributed by atoms with Crippen molar-refractivity contribution in [2.45, 2.75) is 65.0 Å². The molecule has 1 amide bonds. The standard InChI is InChI=1S/C22H31N3O5/c1-4-23-22(29)19-18(24-21(28)13-8-6-5-7-9-13)20(30-25-19)15-10-14(12(2)3)16(26)11-17(15)27/h10-13,21,24,26-28H,4-9H2,1-3H3,(H,23,29). The van der Waals surface area contributed by atoms with Crippen LogP contribution >= 0.6 is 0 Å². The second kappa shape index (κ2) is 9.38. The summed E-state index contributed by atoms with van der Waals surface area (Å²) in [6, 6.07) is 2.87. The fourth-order valence-electron chi connectivity index (χ4n) is 3.96. The number of aromatic nitrogens is 1. The highest BCUT2D eigenvalue weighted by Crippen LogP contribution is 2.42. The maximum absolute atomic E-state index is 12.5. The van der Waals surface area contributed by atoms with Crippen molar-refractivity contribution in [3.63, 3.8) is 0 Å². The topological polar surface area (TPSA) is 128 Å². The number of phenolic OH excluding ortho intramolecular Hbond substituents is 2. The average molecular weight is 418 g/mol. The SMILES string of the molecule is CCNC(=O)c1noc(-c2cc(C(C)C)c(O)cc2O)c1NC(O)C1CCCCC1. The first-order chi connectivity index (χ1) is 14.3. The van der Waals surface area contributed by atoms with Crippen LogP contribution in [0.2, 0.25) is 0 Å². The van der Waals surface area contributed by atoms with E-state index in [0.717, 1.165) is 32.1 Å². The van der Waals surface area contributed by atoms with E-state index in [9.17, 15) is 20.1 Å². The Kier molecular flexibility index (Phi) is 6.87. The Morgan fingerprint density at radius 3 is 2.53 bits per heavy atom. The lowest BCUT2D eigenvalue weighted by atomic mass is 9.88. The molecule has 1 aliphatic carbocycles. The fraction of sp³-hybridized carbons (Fsp3) is 0.545. The molecule has 1 fully saturated rings. The van der Waals surface area contributed by atoms with Gasteiger partial charge in [-0.05, 0) is 37.3 Å². The number of hydrogen-bond acceptors (Lipinski definition) is 7. The molecule has 1 heterocycles. The number of benzene rings is 1. The molecule has 0 saturated heterocycles. The van der Waals surface area contributed by atoms with E-state index in [0.29, 0.717) is 12.1 Å². The van der Waals surface area contributed by atoms with Crippen molar-refractivity contribution >= 4 is 11.6 Å². The Hall–Kier alpha value is -2.74. The van der Waals surface area contributed by atoms with Gasteiger partial charge in [0.25, 0.3) is 5.91 Å². The van der Waals surface area contributed by atoms with Crippen molar-refractivity contribution < 1.29 is 24.6 Å². The number of aliphatic hydroxyl groups is 1. The summed E-state index contributed by atoms with van der Waals surface area (Å²) in [5, 5.41) is 41.0. The Labute approximate surface area is 176 Å². The molecule has 164 valence electrons. The monoisotopic (exact) mass is 417 g/mol. The molecule has 8 nitrogen and oxygen atoms in total. The van der Waals surface area contributed by atoms with Crippen LogP contribution in [0.3, 0.4) is 0 Å². The summed E-state index contributed by atoms with van der Waals surface area (Å²) >= 11 is 0. The first-order valence-electron chi connectivity index (χ1n) is 10.6. The maximum Gasteiger partial charge on any atom is 0.275 e. The molecule has 0 radical (unpaired) electrons. The van der Waals surface area contributed by atoms with Gasteiger partial charge in [-0.25, -0.2) is 0 Å². The third-order valence-electron chi connectivity index (χ3n) is 5.64. The molecule has 2 aromatic rings. The van der Waals surface area contributed by atoms with E-state index in [2.05, 4.69) is 15.8 Å². The molecule has 0 spiro atoms. The van der Waals surface area contributed by atoms with Gasteiger partial charge in [0, 0.05) is 18.5 Å². The molecule has 0 bridgehead atoms. The van der Waals surface area contributed by atoms with Gasteiger partial charge in [0.15, 0.2) is 11.5 Å². The highest BCUT2D eigenvalue weighted by atomic mass is 16.5. The van der Waals surface area contributed by atoms with Crippen LogP contribution in [0, 0.1) is 5.92 Å². The summed E-state index contributed by atoms with van der Waals surface area (Å²) in [5.41, 5.74) is 1.16. The number of rotatable bonds is 7. The second-order valence-corrected chi connectivity index (χ2v) is 8.16. The van der Waals surface area contributed by atoms with Gasteiger partial charge in [0.2, 0.25) is 0 Å². The molecule has 0 aliphatic heterocycles. The van der Waals surface area contributed by atoms with E-state index in [-0.39, 0.29) is 46.0 Å². The lowest BCUT2D eigenvalue weighted by Gasteiger charge is -2.27. The zero-order chi connectivity index (χ0) is 21.8. The summed E-state index contributed by atoms with van der Waals surface area (Å²) in [5.74, 6) is -0.460. The molecule has 1 atom stereocenters. The predicted octanol–water partition coefficient (Wildman–Crippen LogP) is 3.94. The van der Waals surface area contributed by atoms with Gasteiger partial charge in [-0.3, -0.25) is 4.79 Å². The fourth-order valence-corrected chi connectivity index (χ4v) is 3.96. The van der Waals surface area contributed by atoms with Crippen LogP contribution in [0.25, 0.3) is 11.3 Å². The quantitative estimate of drug-likeness (QED) is 0.432. The van der Waals surface area contributed by atoms with E-state index in [1.165, 1.54) is 6.07 Å². The van der Waals surface area contributed by atoms with Gasteiger partial charge in [0.1, 0.15) is 23.4 Å². The minimum absolute atomic E-state index is 0.000583. The van der Waals surface area contributed by atoms with Crippen molar-refractivity contribution in [1.29, 1.82) is 0 Å². The summed E-state index contributed by atoms with van der Waals surface area (Å²) in [6.07, 6.45) is 4.19. The van der Waals surface area contributed by atoms with E-state index in [1.54, 1.807) is 13.0 Å². The van der Waals surface area contributed by atoms with E-state index >= 15 is 0 Å². The van der Waals surface area contributed by atoms with Crippen LogP contribution < -0.4 is 10.6 Å². The van der Waals surface area contributed by atoms with Crippen molar-refractivity contribution in [3.8, 4) is 22.8 Å². The van der Waals surface area contributed by atoms with Crippen LogP contribution in [0.1, 0.15) is 74.8 Å². The third kappa shape index (κ3) is 4.53. The Morgan fingerprint density at radius 2 is 1.90 bits per heavy atom. The van der Waals surface area contributed by atoms with Crippen LogP contribution in [-0.4, -0.2) is 39.2 Å². The van der Waals surface area contributed by atoms with E-state index in [1.807, 2.05) is 13.8 Å². The molecular weight excluding hydrogens is 386 g/mol. The lowest BCUT2D eigenvalue weighted by molar-refractivity contribution is 0.0945. The molecule has 1 unspecified atom stereocenters. The zero-order valence-corrected chi connectivity index (χ0v) is 17.7. The normalized spacial score (nSPS) is 15.9. The number of aliphatic hydroxyl groups excluding tert-OH is 1. The maximum atomic E-state index is 12.5. The average Bonchev–Trinajstić information content (AvgIpc) is 3.12. The first-order valence-corrected chi connectivity index (χ1v) is 10.6. The van der Waals surface area contributed by atoms with Gasteiger partial charge in [-0.15, -0.1) is 0 Å². The number of phenols is 2. The minimum Gasteiger partial charge on any atom is -0.508 e. The van der Waals surface area contributed by atoms with Gasteiger partial charge >= 0.3 is 0 Å². The molecular formula is C22H31N3O5. The van der Waals surface area contributed by atoms with Crippen molar-refractivity contribution in [1.82, 2.24) is 10.5 Å². The molecule has 1 saturated carbocycles. The zero-order valence-electron chi connectivity index (χ0n) is 17.7. The van der Waals surface area contributed by atoms with Gasteiger partial charge in [-0.2, -0.15) is 0 Å². The van der Waals surface area contributed by atoms with Gasteiger partial charge < -0.3 is 30.5 Å². The summed E-state index contributed by atoms with van der Waals surface area (Å²) < 4.78 is 5.47. The number of nitrogens with zero attached hydrogens (tertiary/aromatic N) is 1. The summed E-state index contributed by atoms with van der Waals surface area (Å²) in [6.45, 7) is 6.04. The minimum atomic E-state index is -0.875. The van der Waals surface area contributed by atoms with Crippen molar-refractivity contribution in [2.75, 3.05) is 11.9 Å². The smallest absolute Gasteiger partial charge is 0.275 e. The van der Waals surface area contributed by atoms with Crippen molar-refractivity contribution in [3.05, 3.63) is 23.4 Å². The molecule has 1 aromatic carbocycles. The van der Waals surface area contributed by atoms with Gasteiger partial charge in [-0.1, -0.05) is 38.3 Å². The van der Waals surface area contributed by atoms with Crippen molar-refractivity contribution in [2.24, 2.45) is 5.92 Å². The number of hydrogen-bond donors (Lipinski definition) is 5. The molecule has 30 heavy (non-hydrogen) atoms. The van der Waals surface area contributed by atoms with Crippen LogP contribution in [0.5, 0.6) is 11.5 Å². The Morgan fingerprint density at radius 1 is 1.20 bits per heavy atom. The largest absolute Gasteiger partial charge is 0.508 e.